The average molecular weight is 684 g/mol. The van der Waals surface area contributed by atoms with Crippen molar-refractivity contribution in [1.82, 2.24) is 24.8 Å². The van der Waals surface area contributed by atoms with Gasteiger partial charge in [0.05, 0.1) is 48.7 Å². The topological polar surface area (TPSA) is 128 Å². The molecule has 0 spiro atoms. The number of nitrogens with zero attached hydrogens (tertiary/aromatic N) is 5. The molecule has 12 nitrogen and oxygen atoms in total. The van der Waals surface area contributed by atoms with Crippen LogP contribution in [0.15, 0.2) is 54.7 Å². The minimum absolute atomic E-state index is 0.00563. The maximum Gasteiger partial charge on any atom is 0.297 e. The van der Waals surface area contributed by atoms with Gasteiger partial charge in [0.15, 0.2) is 0 Å². The number of aromatic nitrogens is 3. The van der Waals surface area contributed by atoms with Gasteiger partial charge < -0.3 is 24.4 Å². The normalized spacial score (nSPS) is 15.0. The number of amides is 2. The fraction of sp³-hybridized carbons (Fsp3) is 0.364. The maximum atomic E-state index is 13.1. The van der Waals surface area contributed by atoms with E-state index >= 15 is 0 Å². The molecule has 47 heavy (non-hydrogen) atoms. The first-order chi connectivity index (χ1) is 22.7. The highest BCUT2D eigenvalue weighted by Crippen LogP contribution is 2.36. The summed E-state index contributed by atoms with van der Waals surface area (Å²) in [5.41, 5.74) is 3.19. The highest BCUT2D eigenvalue weighted by atomic mass is 35.5. The molecule has 2 aromatic carbocycles. The zero-order valence-corrected chi connectivity index (χ0v) is 27.9. The van der Waals surface area contributed by atoms with Gasteiger partial charge in [0.25, 0.3) is 6.01 Å². The number of rotatable bonds is 13. The number of ketones is 1. The first-order valence-corrected chi connectivity index (χ1v) is 15.8. The number of hydrogen-bond donors (Lipinski definition) is 1. The summed E-state index contributed by atoms with van der Waals surface area (Å²) < 4.78 is 19.2. The number of likely N-dealkylation sites (N-methyl/N-ethyl adjacent to an activating group) is 1. The minimum Gasteiger partial charge on any atom is -0.486 e. The first kappa shape index (κ1) is 34.1. The number of nitrogens with one attached hydrogen (secondary N) is 1. The number of ether oxygens (including phenoxy) is 3. The van der Waals surface area contributed by atoms with Crippen molar-refractivity contribution in [2.24, 2.45) is 0 Å². The van der Waals surface area contributed by atoms with Crippen LogP contribution in [0.4, 0.5) is 5.69 Å². The average Bonchev–Trinajstić information content (AvgIpc) is 3.44. The number of imidazole rings is 1. The van der Waals surface area contributed by atoms with Gasteiger partial charge in [-0.05, 0) is 36.4 Å². The standard InChI is InChI=1S/C33H36Cl2N6O6/c1-36-32(44)28-19-40(15-16-46-28)18-22(42)10-13-29(43)39(2)25-12-11-24(34)23(30(25)35)20-47-27-9-6-8-26-31(27)38-33(45-3)41(26)17-21-7-4-5-14-37-21/h4-9,11-12,14,28H,10,13,15-20H2,1-3H3,(H,36,44)/t28-/m0/s1. The van der Waals surface area contributed by atoms with E-state index in [2.05, 4.69) is 15.3 Å². The third kappa shape index (κ3) is 8.02. The zero-order valence-electron chi connectivity index (χ0n) is 26.4. The Morgan fingerprint density at radius 1 is 1.11 bits per heavy atom. The summed E-state index contributed by atoms with van der Waals surface area (Å²) in [6.07, 6.45) is 1.16. The summed E-state index contributed by atoms with van der Waals surface area (Å²) in [4.78, 5) is 50.1. The molecule has 2 aromatic heterocycles. The van der Waals surface area contributed by atoms with E-state index in [0.717, 1.165) is 11.2 Å². The molecule has 2 amide bonds. The summed E-state index contributed by atoms with van der Waals surface area (Å²) in [7, 11) is 4.70. The molecule has 5 rings (SSSR count). The van der Waals surface area contributed by atoms with E-state index in [1.807, 2.05) is 39.8 Å². The molecular formula is C33H36Cl2N6O6. The quantitative estimate of drug-likeness (QED) is 0.221. The molecular weight excluding hydrogens is 647 g/mol. The Kier molecular flexibility index (Phi) is 11.3. The lowest BCUT2D eigenvalue weighted by Crippen LogP contribution is -2.50. The van der Waals surface area contributed by atoms with Crippen molar-refractivity contribution < 1.29 is 28.6 Å². The van der Waals surface area contributed by atoms with Crippen LogP contribution in [0.25, 0.3) is 11.0 Å². The van der Waals surface area contributed by atoms with Crippen LogP contribution in [0.3, 0.4) is 0 Å². The van der Waals surface area contributed by atoms with E-state index in [9.17, 15) is 14.4 Å². The maximum absolute atomic E-state index is 13.1. The number of fused-ring (bicyclic) bond motifs is 1. The molecule has 1 atom stereocenters. The third-order valence-corrected chi connectivity index (χ3v) is 8.69. The van der Waals surface area contributed by atoms with E-state index in [4.69, 9.17) is 37.4 Å². The molecule has 14 heteroatoms. The predicted octanol–water partition coefficient (Wildman–Crippen LogP) is 4.13. The highest BCUT2D eigenvalue weighted by Gasteiger charge is 2.27. The van der Waals surface area contributed by atoms with Gasteiger partial charge in [-0.15, -0.1) is 0 Å². The zero-order chi connectivity index (χ0) is 33.5. The number of Topliss-reactive ketones (excluding diaryl/α,β-unsaturated/α-hetero) is 1. The van der Waals surface area contributed by atoms with Crippen molar-refractivity contribution in [2.45, 2.75) is 32.1 Å². The Balaban J connectivity index is 1.24. The fourth-order valence-electron chi connectivity index (χ4n) is 5.35. The third-order valence-electron chi connectivity index (χ3n) is 7.92. The SMILES string of the molecule is CNC(=O)[C@@H]1CN(CC(=O)CCC(=O)N(C)c2ccc(Cl)c(COc3cccc4c3nc(OC)n4Cc3ccccn3)c2Cl)CCO1. The van der Waals surface area contributed by atoms with Gasteiger partial charge in [0.2, 0.25) is 11.8 Å². The van der Waals surface area contributed by atoms with Crippen LogP contribution in [0, 0.1) is 0 Å². The molecule has 248 valence electrons. The number of hydrogen-bond acceptors (Lipinski definition) is 9. The summed E-state index contributed by atoms with van der Waals surface area (Å²) in [5.74, 6) is -0.111. The number of methoxy groups -OCH3 is 1. The number of para-hydroxylation sites is 1. The van der Waals surface area contributed by atoms with Crippen molar-refractivity contribution in [3.63, 3.8) is 0 Å². The first-order valence-electron chi connectivity index (χ1n) is 15.1. The second kappa shape index (κ2) is 15.6. The molecule has 0 unspecified atom stereocenters. The van der Waals surface area contributed by atoms with Crippen molar-refractivity contribution in [2.75, 3.05) is 52.3 Å². The summed E-state index contributed by atoms with van der Waals surface area (Å²) >= 11 is 13.3. The second-order valence-corrected chi connectivity index (χ2v) is 11.8. The fourth-order valence-corrected chi connectivity index (χ4v) is 5.95. The summed E-state index contributed by atoms with van der Waals surface area (Å²) in [6.45, 7) is 1.81. The Morgan fingerprint density at radius 2 is 1.94 bits per heavy atom. The van der Waals surface area contributed by atoms with Crippen molar-refractivity contribution in [1.29, 1.82) is 0 Å². The lowest BCUT2D eigenvalue weighted by Gasteiger charge is -2.31. The molecule has 0 saturated carbocycles. The van der Waals surface area contributed by atoms with Crippen molar-refractivity contribution in [3.8, 4) is 11.8 Å². The van der Waals surface area contributed by atoms with Gasteiger partial charge in [-0.3, -0.25) is 28.8 Å². The lowest BCUT2D eigenvalue weighted by atomic mass is 10.1. The number of halogens is 2. The Morgan fingerprint density at radius 3 is 2.68 bits per heavy atom. The van der Waals surface area contributed by atoms with E-state index in [1.165, 1.54) is 4.90 Å². The van der Waals surface area contributed by atoms with Gasteiger partial charge in [-0.25, -0.2) is 0 Å². The lowest BCUT2D eigenvalue weighted by molar-refractivity contribution is -0.139. The molecule has 4 aromatic rings. The molecule has 0 bridgehead atoms. The van der Waals surface area contributed by atoms with Crippen molar-refractivity contribution in [3.05, 3.63) is 76.0 Å². The van der Waals surface area contributed by atoms with Crippen LogP contribution in [-0.4, -0.2) is 90.6 Å². The van der Waals surface area contributed by atoms with E-state index in [1.54, 1.807) is 45.6 Å². The van der Waals surface area contributed by atoms with Gasteiger partial charge >= 0.3 is 0 Å². The van der Waals surface area contributed by atoms with Crippen LogP contribution in [0.5, 0.6) is 11.8 Å². The number of pyridine rings is 1. The molecule has 1 N–H and O–H groups in total. The molecule has 0 radical (unpaired) electrons. The number of carbonyl (C=O) groups is 3. The van der Waals surface area contributed by atoms with Gasteiger partial charge in [0.1, 0.15) is 29.8 Å². The minimum atomic E-state index is -0.621. The van der Waals surface area contributed by atoms with Crippen LogP contribution in [0.2, 0.25) is 10.0 Å². The van der Waals surface area contributed by atoms with E-state index in [-0.39, 0.29) is 48.6 Å². The molecule has 0 aliphatic carbocycles. The molecule has 1 saturated heterocycles. The summed E-state index contributed by atoms with van der Waals surface area (Å²) in [6, 6.07) is 15.0. The smallest absolute Gasteiger partial charge is 0.297 e. The Bertz CT molecular complexity index is 1750. The molecule has 3 heterocycles. The van der Waals surface area contributed by atoms with E-state index in [0.29, 0.717) is 59.8 Å². The monoisotopic (exact) mass is 682 g/mol. The largest absolute Gasteiger partial charge is 0.486 e. The van der Waals surface area contributed by atoms with Gasteiger partial charge in [0, 0.05) is 56.8 Å². The predicted molar refractivity (Wildman–Crippen MR) is 178 cm³/mol. The van der Waals surface area contributed by atoms with Crippen molar-refractivity contribution >= 4 is 57.5 Å². The number of benzene rings is 2. The van der Waals surface area contributed by atoms with Gasteiger partial charge in [-0.2, -0.15) is 4.98 Å². The van der Waals surface area contributed by atoms with Crippen LogP contribution < -0.4 is 19.7 Å². The van der Waals surface area contributed by atoms with E-state index < -0.39 is 6.10 Å². The summed E-state index contributed by atoms with van der Waals surface area (Å²) in [5, 5.41) is 3.20. The van der Waals surface area contributed by atoms with Gasteiger partial charge in [-0.1, -0.05) is 35.3 Å². The Hall–Kier alpha value is -4.23. The number of carbonyl (C=O) groups excluding carboxylic acids is 3. The number of morpholine rings is 1. The molecule has 1 aliphatic heterocycles. The number of anilines is 1. The van der Waals surface area contributed by atoms with Crippen LogP contribution in [-0.2, 0) is 32.3 Å². The molecule has 1 fully saturated rings. The highest BCUT2D eigenvalue weighted by molar-refractivity contribution is 6.38. The van der Waals surface area contributed by atoms with Crippen LogP contribution >= 0.6 is 23.2 Å². The van der Waals surface area contributed by atoms with Crippen LogP contribution in [0.1, 0.15) is 24.1 Å². The Labute approximate surface area is 282 Å². The molecule has 1 aliphatic rings. The second-order valence-electron chi connectivity index (χ2n) is 11.0.